The van der Waals surface area contributed by atoms with E-state index in [2.05, 4.69) is 5.32 Å². The molecular weight excluding hydrogens is 290 g/mol. The summed E-state index contributed by atoms with van der Waals surface area (Å²) in [6, 6.07) is 14.7. The number of benzene rings is 2. The first-order valence-corrected chi connectivity index (χ1v) is 7.72. The zero-order chi connectivity index (χ0) is 16.8. The van der Waals surface area contributed by atoms with Crippen LogP contribution in [0.4, 0.5) is 0 Å². The van der Waals surface area contributed by atoms with E-state index in [-0.39, 0.29) is 18.1 Å². The van der Waals surface area contributed by atoms with Crippen molar-refractivity contribution in [3.63, 3.8) is 0 Å². The Balaban J connectivity index is 2.19. The molecule has 0 aliphatic carbocycles. The summed E-state index contributed by atoms with van der Waals surface area (Å²) in [5, 5.41) is 3.00. The zero-order valence-electron chi connectivity index (χ0n) is 14.0. The molecule has 0 spiro atoms. The largest absolute Gasteiger partial charge is 0.496 e. The molecule has 0 saturated heterocycles. The van der Waals surface area contributed by atoms with E-state index >= 15 is 0 Å². The van der Waals surface area contributed by atoms with Gasteiger partial charge in [0.1, 0.15) is 11.5 Å². The Kier molecular flexibility index (Phi) is 5.63. The summed E-state index contributed by atoms with van der Waals surface area (Å²) in [5.74, 6) is 1.18. The molecule has 4 heteroatoms. The van der Waals surface area contributed by atoms with Crippen LogP contribution in [0.1, 0.15) is 42.7 Å². The fourth-order valence-electron chi connectivity index (χ4n) is 2.39. The molecule has 1 N–H and O–H groups in total. The highest BCUT2D eigenvalue weighted by atomic mass is 16.5. The van der Waals surface area contributed by atoms with Crippen LogP contribution < -0.4 is 14.8 Å². The first-order valence-electron chi connectivity index (χ1n) is 7.72. The molecule has 4 nitrogen and oxygen atoms in total. The van der Waals surface area contributed by atoms with Gasteiger partial charge in [-0.2, -0.15) is 0 Å². The van der Waals surface area contributed by atoms with E-state index in [1.807, 2.05) is 63.2 Å². The van der Waals surface area contributed by atoms with Crippen LogP contribution in [0.25, 0.3) is 0 Å². The van der Waals surface area contributed by atoms with Crippen LogP contribution in [-0.4, -0.2) is 19.1 Å². The standard InChI is InChI=1S/C19H23NO3/c1-13(2)23-18-12-8-6-10-16(18)19(21)20-14(3)15-9-5-7-11-17(15)22-4/h5-14H,1-4H3,(H,20,21). The second kappa shape index (κ2) is 7.68. The zero-order valence-corrected chi connectivity index (χ0v) is 14.0. The highest BCUT2D eigenvalue weighted by Crippen LogP contribution is 2.26. The molecule has 1 amide bonds. The molecule has 1 unspecified atom stereocenters. The number of carbonyl (C=O) groups is 1. The quantitative estimate of drug-likeness (QED) is 0.877. The van der Waals surface area contributed by atoms with E-state index in [1.165, 1.54) is 0 Å². The van der Waals surface area contributed by atoms with Gasteiger partial charge in [0.15, 0.2) is 0 Å². The Morgan fingerprint density at radius 3 is 2.22 bits per heavy atom. The van der Waals surface area contributed by atoms with Gasteiger partial charge in [0.25, 0.3) is 5.91 Å². The molecule has 0 aromatic heterocycles. The van der Waals surface area contributed by atoms with Crippen molar-refractivity contribution in [2.24, 2.45) is 0 Å². The van der Waals surface area contributed by atoms with Gasteiger partial charge in [-0.05, 0) is 39.0 Å². The van der Waals surface area contributed by atoms with Crippen molar-refractivity contribution in [1.82, 2.24) is 5.32 Å². The lowest BCUT2D eigenvalue weighted by atomic mass is 10.1. The summed E-state index contributed by atoms with van der Waals surface area (Å²) in [5.41, 5.74) is 1.47. The lowest BCUT2D eigenvalue weighted by molar-refractivity contribution is 0.0933. The predicted molar refractivity (Wildman–Crippen MR) is 91.1 cm³/mol. The molecule has 0 bridgehead atoms. The first-order chi connectivity index (χ1) is 11.0. The molecule has 0 aliphatic heterocycles. The normalized spacial score (nSPS) is 11.9. The summed E-state index contributed by atoms with van der Waals surface area (Å²) < 4.78 is 11.1. The average molecular weight is 313 g/mol. The molecule has 1 atom stereocenters. The van der Waals surface area contributed by atoms with E-state index in [9.17, 15) is 4.79 Å². The maximum Gasteiger partial charge on any atom is 0.255 e. The third-order valence-corrected chi connectivity index (χ3v) is 3.45. The highest BCUT2D eigenvalue weighted by molar-refractivity contribution is 5.97. The van der Waals surface area contributed by atoms with Crippen molar-refractivity contribution in [2.75, 3.05) is 7.11 Å². The van der Waals surface area contributed by atoms with Gasteiger partial charge in [0.2, 0.25) is 0 Å². The van der Waals surface area contributed by atoms with Crippen LogP contribution in [0, 0.1) is 0 Å². The van der Waals surface area contributed by atoms with Crippen LogP contribution >= 0.6 is 0 Å². The van der Waals surface area contributed by atoms with Gasteiger partial charge in [-0.3, -0.25) is 4.79 Å². The Bertz CT molecular complexity index is 667. The van der Waals surface area contributed by atoms with Crippen molar-refractivity contribution >= 4 is 5.91 Å². The number of hydrogen-bond donors (Lipinski definition) is 1. The number of rotatable bonds is 6. The van der Waals surface area contributed by atoms with Crippen LogP contribution in [0.3, 0.4) is 0 Å². The van der Waals surface area contributed by atoms with Gasteiger partial charge in [-0.15, -0.1) is 0 Å². The van der Waals surface area contributed by atoms with Crippen molar-refractivity contribution in [3.05, 3.63) is 59.7 Å². The number of nitrogens with one attached hydrogen (secondary N) is 1. The van der Waals surface area contributed by atoms with Crippen LogP contribution in [-0.2, 0) is 0 Å². The van der Waals surface area contributed by atoms with Crippen molar-refractivity contribution in [3.8, 4) is 11.5 Å². The minimum absolute atomic E-state index is 0.00981. The summed E-state index contributed by atoms with van der Waals surface area (Å²) in [6.45, 7) is 5.81. The van der Waals surface area contributed by atoms with Crippen molar-refractivity contribution < 1.29 is 14.3 Å². The molecule has 2 rings (SSSR count). The fraction of sp³-hybridized carbons (Fsp3) is 0.316. The third-order valence-electron chi connectivity index (χ3n) is 3.45. The summed E-state index contributed by atoms with van der Waals surface area (Å²) in [6.07, 6.45) is 0.00981. The summed E-state index contributed by atoms with van der Waals surface area (Å²) in [4.78, 5) is 12.6. The molecule has 0 radical (unpaired) electrons. The fourth-order valence-corrected chi connectivity index (χ4v) is 2.39. The van der Waals surface area contributed by atoms with Crippen LogP contribution in [0.5, 0.6) is 11.5 Å². The molecular formula is C19H23NO3. The number of amides is 1. The summed E-state index contributed by atoms with van der Waals surface area (Å²) >= 11 is 0. The molecule has 122 valence electrons. The molecule has 23 heavy (non-hydrogen) atoms. The second-order valence-corrected chi connectivity index (χ2v) is 5.60. The van der Waals surface area contributed by atoms with Gasteiger partial charge in [0, 0.05) is 5.56 Å². The van der Waals surface area contributed by atoms with E-state index in [0.29, 0.717) is 11.3 Å². The van der Waals surface area contributed by atoms with Gasteiger partial charge >= 0.3 is 0 Å². The van der Waals surface area contributed by atoms with Gasteiger partial charge in [-0.25, -0.2) is 0 Å². The number of carbonyl (C=O) groups excluding carboxylic acids is 1. The van der Waals surface area contributed by atoms with Gasteiger partial charge in [0.05, 0.1) is 24.8 Å². The van der Waals surface area contributed by atoms with E-state index < -0.39 is 0 Å². The van der Waals surface area contributed by atoms with Crippen LogP contribution in [0.2, 0.25) is 0 Å². The second-order valence-electron chi connectivity index (χ2n) is 5.60. The number of ether oxygens (including phenoxy) is 2. The Labute approximate surface area is 137 Å². The van der Waals surface area contributed by atoms with E-state index in [1.54, 1.807) is 13.2 Å². The smallest absolute Gasteiger partial charge is 0.255 e. The van der Waals surface area contributed by atoms with Crippen LogP contribution in [0.15, 0.2) is 48.5 Å². The molecule has 0 fully saturated rings. The van der Waals surface area contributed by atoms with Crippen molar-refractivity contribution in [2.45, 2.75) is 32.9 Å². The number of para-hydroxylation sites is 2. The lowest BCUT2D eigenvalue weighted by Crippen LogP contribution is -2.27. The lowest BCUT2D eigenvalue weighted by Gasteiger charge is -2.19. The molecule has 0 aliphatic rings. The minimum atomic E-state index is -0.175. The SMILES string of the molecule is COc1ccccc1C(C)NC(=O)c1ccccc1OC(C)C. The minimum Gasteiger partial charge on any atom is -0.496 e. The average Bonchev–Trinajstić information content (AvgIpc) is 2.54. The van der Waals surface area contributed by atoms with Gasteiger partial charge < -0.3 is 14.8 Å². The molecule has 0 heterocycles. The molecule has 0 saturated carbocycles. The number of methoxy groups -OCH3 is 1. The summed E-state index contributed by atoms with van der Waals surface area (Å²) in [7, 11) is 1.62. The van der Waals surface area contributed by atoms with E-state index in [4.69, 9.17) is 9.47 Å². The highest BCUT2D eigenvalue weighted by Gasteiger charge is 2.18. The maximum atomic E-state index is 12.6. The Morgan fingerprint density at radius 1 is 0.957 bits per heavy atom. The maximum absolute atomic E-state index is 12.6. The third kappa shape index (κ3) is 4.25. The Hall–Kier alpha value is -2.49. The van der Waals surface area contributed by atoms with Gasteiger partial charge in [-0.1, -0.05) is 30.3 Å². The molecule has 2 aromatic carbocycles. The number of hydrogen-bond acceptors (Lipinski definition) is 3. The Morgan fingerprint density at radius 2 is 1.57 bits per heavy atom. The monoisotopic (exact) mass is 313 g/mol. The molecule has 2 aromatic rings. The van der Waals surface area contributed by atoms with Crippen molar-refractivity contribution in [1.29, 1.82) is 0 Å². The topological polar surface area (TPSA) is 47.6 Å². The predicted octanol–water partition coefficient (Wildman–Crippen LogP) is 3.97. The first kappa shape index (κ1) is 16.9. The van der Waals surface area contributed by atoms with E-state index in [0.717, 1.165) is 11.3 Å².